The Morgan fingerprint density at radius 3 is 1.94 bits per heavy atom. The highest BCUT2D eigenvalue weighted by Gasteiger charge is 2.50. The molecule has 1 saturated carbocycles. The number of benzene rings is 3. The molecule has 0 aromatic heterocycles. The highest BCUT2D eigenvalue weighted by molar-refractivity contribution is 5.80. The highest BCUT2D eigenvalue weighted by Crippen LogP contribution is 2.60. The second-order valence-corrected chi connectivity index (χ2v) is 9.53. The minimum atomic E-state index is 0.154. The van der Waals surface area contributed by atoms with Gasteiger partial charge in [-0.3, -0.25) is 0 Å². The second kappa shape index (κ2) is 8.87. The summed E-state index contributed by atoms with van der Waals surface area (Å²) in [6, 6.07) is 30.0. The molecule has 0 unspecified atom stereocenters. The number of unbranched alkanes of at least 4 members (excludes halogenated alkanes) is 2. The number of allylic oxidation sites excluding steroid dienone is 1. The third-order valence-corrected chi connectivity index (χ3v) is 7.99. The molecular formula is C31H34. The van der Waals surface area contributed by atoms with Crippen LogP contribution in [0.2, 0.25) is 0 Å². The summed E-state index contributed by atoms with van der Waals surface area (Å²) in [5, 5.41) is 0. The molecule has 0 N–H and O–H groups in total. The van der Waals surface area contributed by atoms with E-state index < -0.39 is 0 Å². The summed E-state index contributed by atoms with van der Waals surface area (Å²) in [7, 11) is 0. The Balaban J connectivity index is 1.72. The van der Waals surface area contributed by atoms with Crippen LogP contribution in [0.1, 0.15) is 74.0 Å². The van der Waals surface area contributed by atoms with Gasteiger partial charge in [0.2, 0.25) is 0 Å². The Morgan fingerprint density at radius 2 is 1.32 bits per heavy atom. The van der Waals surface area contributed by atoms with Gasteiger partial charge in [-0.2, -0.15) is 0 Å². The van der Waals surface area contributed by atoms with Crippen LogP contribution in [0, 0.1) is 5.92 Å². The van der Waals surface area contributed by atoms with Crippen LogP contribution < -0.4 is 0 Å². The highest BCUT2D eigenvalue weighted by atomic mass is 14.5. The quantitative estimate of drug-likeness (QED) is 0.259. The SMILES string of the molecule is C=CCCCC[C@@](c1ccccc1)(C1CCCC1)C1c2ccccc2-c2ccccc21. The van der Waals surface area contributed by atoms with Gasteiger partial charge in [0.15, 0.2) is 0 Å². The lowest BCUT2D eigenvalue weighted by Crippen LogP contribution is -2.40. The standard InChI is InChI=1S/C31H34/c1-2-3-4-14-23-31(25-17-8-9-18-25,24-15-6-5-7-16-24)30-28-21-12-10-19-26(28)27-20-11-13-22-29(27)30/h2,5-7,10-13,15-16,19-22,25,30H,1,3-4,8-9,14,17-18,23H2/t31-/m1/s1. The Hall–Kier alpha value is -2.60. The molecule has 3 aromatic carbocycles. The molecule has 0 nitrogen and oxygen atoms in total. The van der Waals surface area contributed by atoms with E-state index in [0.717, 1.165) is 12.3 Å². The van der Waals surface area contributed by atoms with Crippen molar-refractivity contribution in [3.8, 4) is 11.1 Å². The van der Waals surface area contributed by atoms with Crippen molar-refractivity contribution in [1.29, 1.82) is 0 Å². The molecule has 0 heteroatoms. The molecule has 158 valence electrons. The molecular weight excluding hydrogens is 372 g/mol. The van der Waals surface area contributed by atoms with Crippen LogP contribution >= 0.6 is 0 Å². The lowest BCUT2D eigenvalue weighted by atomic mass is 9.57. The molecule has 0 spiro atoms. The van der Waals surface area contributed by atoms with Gasteiger partial charge in [-0.25, -0.2) is 0 Å². The van der Waals surface area contributed by atoms with E-state index in [9.17, 15) is 0 Å². The molecule has 1 fully saturated rings. The molecule has 5 rings (SSSR count). The summed E-state index contributed by atoms with van der Waals surface area (Å²) in [4.78, 5) is 0. The maximum absolute atomic E-state index is 3.97. The zero-order chi connectivity index (χ0) is 21.1. The number of rotatable bonds is 8. The van der Waals surface area contributed by atoms with Gasteiger partial charge in [-0.1, -0.05) is 104 Å². The fourth-order valence-corrected chi connectivity index (χ4v) is 6.74. The zero-order valence-electron chi connectivity index (χ0n) is 18.6. The molecule has 2 aliphatic carbocycles. The maximum atomic E-state index is 3.97. The minimum Gasteiger partial charge on any atom is -0.103 e. The monoisotopic (exact) mass is 406 g/mol. The van der Waals surface area contributed by atoms with Crippen molar-refractivity contribution < 1.29 is 0 Å². The normalized spacial score (nSPS) is 17.8. The minimum absolute atomic E-state index is 0.154. The van der Waals surface area contributed by atoms with Gasteiger partial charge in [0, 0.05) is 11.3 Å². The molecule has 0 amide bonds. The number of fused-ring (bicyclic) bond motifs is 3. The molecule has 2 aliphatic rings. The van der Waals surface area contributed by atoms with E-state index in [2.05, 4.69) is 91.5 Å². The fraction of sp³-hybridized carbons (Fsp3) is 0.355. The summed E-state index contributed by atoms with van der Waals surface area (Å²) in [6.45, 7) is 3.97. The van der Waals surface area contributed by atoms with E-state index in [1.165, 1.54) is 56.1 Å². The van der Waals surface area contributed by atoms with Crippen LogP contribution in [0.15, 0.2) is 91.5 Å². The third-order valence-electron chi connectivity index (χ3n) is 7.99. The van der Waals surface area contributed by atoms with Gasteiger partial charge in [-0.15, -0.1) is 6.58 Å². The third kappa shape index (κ3) is 3.47. The molecule has 0 heterocycles. The lowest BCUT2D eigenvalue weighted by Gasteiger charge is -2.46. The van der Waals surface area contributed by atoms with E-state index in [-0.39, 0.29) is 5.41 Å². The summed E-state index contributed by atoms with van der Waals surface area (Å²) < 4.78 is 0. The predicted octanol–water partition coefficient (Wildman–Crippen LogP) is 8.67. The zero-order valence-corrected chi connectivity index (χ0v) is 18.6. The molecule has 0 aliphatic heterocycles. The number of hydrogen-bond acceptors (Lipinski definition) is 0. The summed E-state index contributed by atoms with van der Waals surface area (Å²) in [6.07, 6.45) is 12.4. The molecule has 1 atom stereocenters. The fourth-order valence-electron chi connectivity index (χ4n) is 6.74. The predicted molar refractivity (Wildman–Crippen MR) is 132 cm³/mol. The van der Waals surface area contributed by atoms with Gasteiger partial charge in [0.05, 0.1) is 0 Å². The van der Waals surface area contributed by atoms with Crippen molar-refractivity contribution in [1.82, 2.24) is 0 Å². The summed E-state index contributed by atoms with van der Waals surface area (Å²) in [5.74, 6) is 1.18. The van der Waals surface area contributed by atoms with Crippen LogP contribution in [0.3, 0.4) is 0 Å². The van der Waals surface area contributed by atoms with Gasteiger partial charge in [-0.05, 0) is 65.8 Å². The Bertz CT molecular complexity index is 979. The van der Waals surface area contributed by atoms with E-state index >= 15 is 0 Å². The van der Waals surface area contributed by atoms with Crippen LogP contribution in [0.5, 0.6) is 0 Å². The van der Waals surface area contributed by atoms with Crippen molar-refractivity contribution >= 4 is 0 Å². The largest absolute Gasteiger partial charge is 0.103 e. The van der Waals surface area contributed by atoms with Crippen LogP contribution in [-0.4, -0.2) is 0 Å². The van der Waals surface area contributed by atoms with Crippen molar-refractivity contribution in [2.24, 2.45) is 5.92 Å². The molecule has 0 bridgehead atoms. The van der Waals surface area contributed by atoms with Crippen molar-refractivity contribution in [2.45, 2.75) is 62.7 Å². The van der Waals surface area contributed by atoms with E-state index in [1.807, 2.05) is 0 Å². The first-order chi connectivity index (χ1) is 15.4. The van der Waals surface area contributed by atoms with Gasteiger partial charge < -0.3 is 0 Å². The van der Waals surface area contributed by atoms with Crippen LogP contribution in [0.25, 0.3) is 11.1 Å². The number of hydrogen-bond donors (Lipinski definition) is 0. The Labute approximate surface area is 188 Å². The molecule has 3 aromatic rings. The molecule has 0 radical (unpaired) electrons. The summed E-state index contributed by atoms with van der Waals surface area (Å²) in [5.41, 5.74) is 7.70. The maximum Gasteiger partial charge on any atom is 0.0201 e. The first-order valence-corrected chi connectivity index (χ1v) is 12.2. The molecule has 31 heavy (non-hydrogen) atoms. The van der Waals surface area contributed by atoms with E-state index in [1.54, 1.807) is 16.7 Å². The van der Waals surface area contributed by atoms with Crippen molar-refractivity contribution in [3.63, 3.8) is 0 Å². The average Bonchev–Trinajstić information content (AvgIpc) is 3.48. The van der Waals surface area contributed by atoms with Crippen molar-refractivity contribution in [3.05, 3.63) is 108 Å². The Kier molecular flexibility index (Phi) is 5.81. The van der Waals surface area contributed by atoms with Crippen LogP contribution in [0.4, 0.5) is 0 Å². The van der Waals surface area contributed by atoms with E-state index in [0.29, 0.717) is 5.92 Å². The van der Waals surface area contributed by atoms with E-state index in [4.69, 9.17) is 0 Å². The van der Waals surface area contributed by atoms with Gasteiger partial charge >= 0.3 is 0 Å². The van der Waals surface area contributed by atoms with Gasteiger partial charge in [0.1, 0.15) is 0 Å². The lowest BCUT2D eigenvalue weighted by molar-refractivity contribution is 0.217. The van der Waals surface area contributed by atoms with Gasteiger partial charge in [0.25, 0.3) is 0 Å². The topological polar surface area (TPSA) is 0 Å². The van der Waals surface area contributed by atoms with Crippen LogP contribution in [-0.2, 0) is 5.41 Å². The molecule has 0 saturated heterocycles. The summed E-state index contributed by atoms with van der Waals surface area (Å²) >= 11 is 0. The average molecular weight is 407 g/mol. The van der Waals surface area contributed by atoms with Crippen molar-refractivity contribution in [2.75, 3.05) is 0 Å². The second-order valence-electron chi connectivity index (χ2n) is 9.53. The Morgan fingerprint density at radius 1 is 0.742 bits per heavy atom. The smallest absolute Gasteiger partial charge is 0.0201 e. The first kappa shape index (κ1) is 20.3. The first-order valence-electron chi connectivity index (χ1n) is 12.2.